The van der Waals surface area contributed by atoms with Crippen LogP contribution in [0.2, 0.25) is 0 Å². The van der Waals surface area contributed by atoms with E-state index in [1.165, 1.54) is 7.11 Å². The van der Waals surface area contributed by atoms with E-state index >= 15 is 0 Å². The fourth-order valence-corrected chi connectivity index (χ4v) is 2.26. The van der Waals surface area contributed by atoms with Crippen molar-refractivity contribution < 1.29 is 29.0 Å². The lowest BCUT2D eigenvalue weighted by molar-refractivity contribution is 0.0585. The second kappa shape index (κ2) is 9.28. The van der Waals surface area contributed by atoms with Gasteiger partial charge in [-0.3, -0.25) is 9.89 Å². The molecule has 0 radical (unpaired) electrons. The Balaban J connectivity index is 0.000000221. The van der Waals surface area contributed by atoms with Crippen LogP contribution in [0.15, 0.2) is 41.2 Å². The number of hydrogen-bond acceptors (Lipinski definition) is 8. The third kappa shape index (κ3) is 5.05. The van der Waals surface area contributed by atoms with Crippen LogP contribution in [0.4, 0.5) is 0 Å². The largest absolute Gasteiger partial charge is 0.477 e. The first-order chi connectivity index (χ1) is 13.8. The topological polar surface area (TPSA) is 166 Å². The van der Waals surface area contributed by atoms with Crippen LogP contribution in [-0.4, -0.2) is 51.8 Å². The van der Waals surface area contributed by atoms with Crippen molar-refractivity contribution in [1.82, 2.24) is 14.6 Å². The van der Waals surface area contributed by atoms with Crippen molar-refractivity contribution in [3.8, 4) is 0 Å². The van der Waals surface area contributed by atoms with Crippen molar-refractivity contribution in [3.63, 3.8) is 0 Å². The van der Waals surface area contributed by atoms with Crippen LogP contribution >= 0.6 is 0 Å². The molecule has 2 aromatic heterocycles. The zero-order valence-electron chi connectivity index (χ0n) is 15.5. The average molecular weight is 402 g/mol. The summed E-state index contributed by atoms with van der Waals surface area (Å²) in [6, 6.07) is 9.14. The van der Waals surface area contributed by atoms with Crippen molar-refractivity contribution >= 4 is 23.6 Å². The van der Waals surface area contributed by atoms with Crippen molar-refractivity contribution in [2.45, 2.75) is 6.54 Å². The molecular formula is C18H18N4O7. The predicted octanol–water partition coefficient (Wildman–Crippen LogP) is 0.439. The molecule has 11 heteroatoms. The molecule has 0 unspecified atom stereocenters. The van der Waals surface area contributed by atoms with Crippen molar-refractivity contribution in [1.29, 1.82) is 0 Å². The first-order valence-corrected chi connectivity index (χ1v) is 8.12. The molecule has 0 spiro atoms. The van der Waals surface area contributed by atoms with Gasteiger partial charge in [0.1, 0.15) is 0 Å². The number of nitrogens with zero attached hydrogens (tertiary/aromatic N) is 2. The Labute approximate surface area is 163 Å². The third-order valence-corrected chi connectivity index (χ3v) is 3.69. The zero-order valence-corrected chi connectivity index (χ0v) is 15.5. The van der Waals surface area contributed by atoms with Gasteiger partial charge in [-0.15, -0.1) is 0 Å². The van der Waals surface area contributed by atoms with Crippen molar-refractivity contribution in [2.24, 2.45) is 5.73 Å². The molecule has 152 valence electrons. The molecule has 0 saturated carbocycles. The number of H-pyrrole nitrogens is 1. The number of nitrogens with one attached hydrogen (secondary N) is 1. The van der Waals surface area contributed by atoms with Gasteiger partial charge in [-0.25, -0.2) is 23.9 Å². The number of fused-ring (bicyclic) bond motifs is 1. The number of rotatable bonds is 4. The summed E-state index contributed by atoms with van der Waals surface area (Å²) in [7, 11) is 2.51. The molecular weight excluding hydrogens is 384 g/mol. The molecule has 0 aliphatic carbocycles. The summed E-state index contributed by atoms with van der Waals surface area (Å²) in [6.07, 6.45) is 0. The molecule has 0 aliphatic rings. The van der Waals surface area contributed by atoms with Crippen LogP contribution in [-0.2, 0) is 16.0 Å². The summed E-state index contributed by atoms with van der Waals surface area (Å²) >= 11 is 0. The van der Waals surface area contributed by atoms with Gasteiger partial charge in [-0.2, -0.15) is 0 Å². The molecule has 0 amide bonds. The minimum absolute atomic E-state index is 0.0373. The smallest absolute Gasteiger partial charge is 0.356 e. The van der Waals surface area contributed by atoms with Crippen molar-refractivity contribution in [2.75, 3.05) is 14.2 Å². The van der Waals surface area contributed by atoms with E-state index in [1.54, 1.807) is 12.1 Å². The number of esters is 2. The number of benzene rings is 1. The van der Waals surface area contributed by atoms with Gasteiger partial charge in [0.2, 0.25) is 0 Å². The quantitative estimate of drug-likeness (QED) is 0.525. The number of nitrogens with two attached hydrogens (primary N) is 1. The fourth-order valence-electron chi connectivity index (χ4n) is 2.26. The lowest BCUT2D eigenvalue weighted by Gasteiger charge is -2.04. The van der Waals surface area contributed by atoms with Crippen molar-refractivity contribution in [3.05, 3.63) is 69.3 Å². The number of aromatic nitrogens is 3. The molecule has 3 aromatic rings. The van der Waals surface area contributed by atoms with Crippen LogP contribution in [0.1, 0.15) is 36.9 Å². The Morgan fingerprint density at radius 2 is 1.72 bits per heavy atom. The highest BCUT2D eigenvalue weighted by Crippen LogP contribution is 2.07. The first kappa shape index (κ1) is 21.3. The van der Waals surface area contributed by atoms with Gasteiger partial charge in [0.15, 0.2) is 17.0 Å². The van der Waals surface area contributed by atoms with Gasteiger partial charge < -0.3 is 20.3 Å². The van der Waals surface area contributed by atoms with E-state index in [0.717, 1.165) is 29.3 Å². The molecule has 0 aliphatic heterocycles. The summed E-state index contributed by atoms with van der Waals surface area (Å²) in [6.45, 7) is 0.488. The molecule has 0 atom stereocenters. The summed E-state index contributed by atoms with van der Waals surface area (Å²) in [5, 5.41) is 11.1. The number of aromatic amines is 1. The van der Waals surface area contributed by atoms with E-state index in [4.69, 9.17) is 10.8 Å². The SMILES string of the molecule is COC(=O)c1cc(C(=O)O)nc2cc(=O)[nH]n12.COC(=O)c1ccc(CN)cc1. The predicted molar refractivity (Wildman–Crippen MR) is 99.8 cm³/mol. The van der Waals surface area contributed by atoms with Crippen LogP contribution in [0.5, 0.6) is 0 Å². The second-order valence-electron chi connectivity index (χ2n) is 5.53. The summed E-state index contributed by atoms with van der Waals surface area (Å²) in [4.78, 5) is 48.0. The lowest BCUT2D eigenvalue weighted by atomic mass is 10.1. The highest BCUT2D eigenvalue weighted by atomic mass is 16.5. The fraction of sp³-hybridized carbons (Fsp3) is 0.167. The van der Waals surface area contributed by atoms with E-state index in [-0.39, 0.29) is 23.0 Å². The summed E-state index contributed by atoms with van der Waals surface area (Å²) in [5.41, 5.74) is 6.03. The average Bonchev–Trinajstić information content (AvgIpc) is 3.12. The molecule has 11 nitrogen and oxygen atoms in total. The Kier molecular flexibility index (Phi) is 6.82. The van der Waals surface area contributed by atoms with E-state index in [0.29, 0.717) is 12.1 Å². The minimum atomic E-state index is -1.30. The monoisotopic (exact) mass is 402 g/mol. The Bertz CT molecular complexity index is 1100. The van der Waals surface area contributed by atoms with E-state index in [2.05, 4.69) is 19.6 Å². The van der Waals surface area contributed by atoms with Crippen LogP contribution in [0.25, 0.3) is 5.65 Å². The maximum absolute atomic E-state index is 11.4. The zero-order chi connectivity index (χ0) is 21.6. The third-order valence-electron chi connectivity index (χ3n) is 3.69. The number of aromatic carboxylic acids is 1. The number of carboxylic acid groups (broad SMARTS) is 1. The maximum Gasteiger partial charge on any atom is 0.356 e. The normalized spacial score (nSPS) is 10.0. The van der Waals surface area contributed by atoms with Gasteiger partial charge in [0, 0.05) is 18.7 Å². The van der Waals surface area contributed by atoms with Gasteiger partial charge in [0.05, 0.1) is 19.8 Å². The van der Waals surface area contributed by atoms with Gasteiger partial charge in [-0.1, -0.05) is 12.1 Å². The number of carbonyl (C=O) groups excluding carboxylic acids is 2. The number of hydrogen-bond donors (Lipinski definition) is 3. The maximum atomic E-state index is 11.4. The molecule has 4 N–H and O–H groups in total. The molecule has 1 aromatic carbocycles. The molecule has 0 fully saturated rings. The number of methoxy groups -OCH3 is 2. The Hall–Kier alpha value is -3.99. The standard InChI is InChI=1S/C9H7N3O5.C9H11NO2/c1-17-9(16)5-2-4(8(14)15)10-6-3-7(13)11-12(5)6;1-12-9(11)8-4-2-7(6-10)3-5-8/h2-3H,1H3,(H,11,13)(H,14,15);2-5H,6,10H2,1H3. The van der Waals surface area contributed by atoms with Crippen LogP contribution in [0, 0.1) is 0 Å². The number of ether oxygens (including phenoxy) is 2. The molecule has 0 bridgehead atoms. The van der Waals surface area contributed by atoms with Gasteiger partial charge >= 0.3 is 17.9 Å². The first-order valence-electron chi connectivity index (χ1n) is 8.12. The van der Waals surface area contributed by atoms with E-state index < -0.39 is 17.5 Å². The summed E-state index contributed by atoms with van der Waals surface area (Å²) < 4.78 is 10.1. The Morgan fingerprint density at radius 3 is 2.24 bits per heavy atom. The highest BCUT2D eigenvalue weighted by Gasteiger charge is 2.17. The Morgan fingerprint density at radius 1 is 1.10 bits per heavy atom. The number of carbonyl (C=O) groups is 3. The molecule has 3 rings (SSSR count). The van der Waals surface area contributed by atoms with Gasteiger partial charge in [-0.05, 0) is 17.7 Å². The highest BCUT2D eigenvalue weighted by molar-refractivity contribution is 5.93. The minimum Gasteiger partial charge on any atom is -0.477 e. The molecule has 29 heavy (non-hydrogen) atoms. The van der Waals surface area contributed by atoms with E-state index in [1.807, 2.05) is 12.1 Å². The van der Waals surface area contributed by atoms with Crippen LogP contribution in [0.3, 0.4) is 0 Å². The van der Waals surface area contributed by atoms with Crippen LogP contribution < -0.4 is 11.3 Å². The second-order valence-corrected chi connectivity index (χ2v) is 5.53. The number of carboxylic acids is 1. The summed E-state index contributed by atoms with van der Waals surface area (Å²) in [5.74, 6) is -2.39. The lowest BCUT2D eigenvalue weighted by Crippen LogP contribution is -2.14. The van der Waals surface area contributed by atoms with Gasteiger partial charge in [0.25, 0.3) is 5.56 Å². The molecule has 2 heterocycles. The molecule has 0 saturated heterocycles. The van der Waals surface area contributed by atoms with E-state index in [9.17, 15) is 19.2 Å².